The number of rotatable bonds is 8. The molecule has 0 saturated carbocycles. The van der Waals surface area contributed by atoms with Gasteiger partial charge in [-0.25, -0.2) is 4.79 Å². The number of piperazine rings is 1. The van der Waals surface area contributed by atoms with Crippen molar-refractivity contribution in [3.63, 3.8) is 0 Å². The third kappa shape index (κ3) is 4.53. The summed E-state index contributed by atoms with van der Waals surface area (Å²) in [5.41, 5.74) is -0.273. The van der Waals surface area contributed by atoms with E-state index in [4.69, 9.17) is 14.5 Å². The highest BCUT2D eigenvalue weighted by atomic mass is 16.5. The van der Waals surface area contributed by atoms with Gasteiger partial charge in [0.05, 0.1) is 13.7 Å². The zero-order valence-corrected chi connectivity index (χ0v) is 20.1. The highest BCUT2D eigenvalue weighted by Gasteiger charge is 2.26. The Morgan fingerprint density at radius 1 is 1.03 bits per heavy atom. The highest BCUT2D eigenvalue weighted by molar-refractivity contribution is 5.74. The highest BCUT2D eigenvalue weighted by Crippen LogP contribution is 2.22. The first-order chi connectivity index (χ1) is 16.3. The normalized spacial score (nSPS) is 15.6. The van der Waals surface area contributed by atoms with E-state index >= 15 is 0 Å². The van der Waals surface area contributed by atoms with Gasteiger partial charge in [0.15, 0.2) is 11.2 Å². The second-order valence-electron chi connectivity index (χ2n) is 8.46. The van der Waals surface area contributed by atoms with Crippen LogP contribution < -0.4 is 25.6 Å². The van der Waals surface area contributed by atoms with Gasteiger partial charge in [-0.3, -0.25) is 13.9 Å². The third-order valence-electron chi connectivity index (χ3n) is 6.33. The number of anilines is 1. The molecular weight excluding hydrogens is 440 g/mol. The number of hydrogen-bond donors (Lipinski definition) is 1. The molecule has 184 valence electrons. The van der Waals surface area contributed by atoms with Crippen LogP contribution >= 0.6 is 0 Å². The zero-order chi connectivity index (χ0) is 24.4. The smallest absolute Gasteiger partial charge is 0.332 e. The zero-order valence-electron chi connectivity index (χ0n) is 20.1. The minimum absolute atomic E-state index is 0.0289. The Bertz CT molecular complexity index is 1250. The predicted octanol–water partition coefficient (Wildman–Crippen LogP) is 0.0241. The van der Waals surface area contributed by atoms with Crippen LogP contribution in [0.4, 0.5) is 5.95 Å². The molecule has 11 nitrogen and oxygen atoms in total. The molecule has 1 aliphatic rings. The van der Waals surface area contributed by atoms with Gasteiger partial charge in [-0.2, -0.15) is 4.98 Å². The average molecular weight is 473 g/mol. The summed E-state index contributed by atoms with van der Waals surface area (Å²) in [7, 11) is 4.64. The van der Waals surface area contributed by atoms with Crippen molar-refractivity contribution in [3.8, 4) is 11.5 Å². The molecule has 3 aromatic rings. The predicted molar refractivity (Wildman–Crippen MR) is 129 cm³/mol. The van der Waals surface area contributed by atoms with E-state index in [2.05, 4.69) is 16.7 Å². The Kier molecular flexibility index (Phi) is 6.94. The summed E-state index contributed by atoms with van der Waals surface area (Å²) < 4.78 is 15.1. The Morgan fingerprint density at radius 3 is 2.29 bits per heavy atom. The van der Waals surface area contributed by atoms with Gasteiger partial charge >= 0.3 is 5.69 Å². The molecule has 0 spiro atoms. The molecule has 1 aromatic carbocycles. The number of hydrogen-bond acceptors (Lipinski definition) is 8. The van der Waals surface area contributed by atoms with Gasteiger partial charge in [-0.1, -0.05) is 6.92 Å². The van der Waals surface area contributed by atoms with Crippen LogP contribution in [0.15, 0.2) is 33.9 Å². The number of aliphatic hydroxyl groups excluding tert-OH is 1. The Hall–Kier alpha value is -3.31. The lowest BCUT2D eigenvalue weighted by Crippen LogP contribution is -2.47. The van der Waals surface area contributed by atoms with Gasteiger partial charge in [0, 0.05) is 40.3 Å². The lowest BCUT2D eigenvalue weighted by Gasteiger charge is -2.35. The molecule has 1 N–H and O–H groups in total. The lowest BCUT2D eigenvalue weighted by atomic mass is 10.3. The molecule has 11 heteroatoms. The summed E-state index contributed by atoms with van der Waals surface area (Å²) in [5, 5.41) is 10.8. The lowest BCUT2D eigenvalue weighted by molar-refractivity contribution is 0.0935. The molecule has 1 atom stereocenters. The van der Waals surface area contributed by atoms with Gasteiger partial charge in [0.1, 0.15) is 24.2 Å². The van der Waals surface area contributed by atoms with E-state index in [1.54, 1.807) is 43.0 Å². The van der Waals surface area contributed by atoms with Crippen LogP contribution in [0.5, 0.6) is 11.5 Å². The summed E-state index contributed by atoms with van der Waals surface area (Å²) >= 11 is 0. The first-order valence-electron chi connectivity index (χ1n) is 11.4. The van der Waals surface area contributed by atoms with Crippen LogP contribution in [-0.4, -0.2) is 81.2 Å². The summed E-state index contributed by atoms with van der Waals surface area (Å²) in [5.74, 6) is 1.89. The van der Waals surface area contributed by atoms with Gasteiger partial charge in [0.2, 0.25) is 5.95 Å². The number of aliphatic hydroxyl groups is 1. The third-order valence-corrected chi connectivity index (χ3v) is 6.33. The van der Waals surface area contributed by atoms with Crippen molar-refractivity contribution in [1.82, 2.24) is 23.6 Å². The molecule has 0 radical (unpaired) electrons. The van der Waals surface area contributed by atoms with Crippen LogP contribution in [0.1, 0.15) is 6.92 Å². The standard InChI is InChI=1S/C23H32N6O5/c1-5-27-10-12-28(13-11-27)22-24-20-19(21(31)26(3)23(32)25(20)2)29(22)14-16(30)15-34-18-8-6-17(33-4)7-9-18/h6-9,16,30H,5,10-15H2,1-4H3/t16-/m0/s1. The van der Waals surface area contributed by atoms with E-state index in [0.717, 1.165) is 37.3 Å². The van der Waals surface area contributed by atoms with Crippen molar-refractivity contribution in [2.45, 2.75) is 19.6 Å². The second-order valence-corrected chi connectivity index (χ2v) is 8.46. The second kappa shape index (κ2) is 9.90. The van der Waals surface area contributed by atoms with Crippen molar-refractivity contribution in [3.05, 3.63) is 45.1 Å². The number of benzene rings is 1. The fraction of sp³-hybridized carbons (Fsp3) is 0.522. The molecule has 2 aromatic heterocycles. The van der Waals surface area contributed by atoms with Crippen molar-refractivity contribution in [1.29, 1.82) is 0 Å². The van der Waals surface area contributed by atoms with Crippen molar-refractivity contribution in [2.24, 2.45) is 14.1 Å². The average Bonchev–Trinajstić information content (AvgIpc) is 3.24. The van der Waals surface area contributed by atoms with Gasteiger partial charge < -0.3 is 28.9 Å². The number of ether oxygens (including phenoxy) is 2. The monoisotopic (exact) mass is 472 g/mol. The summed E-state index contributed by atoms with van der Waals surface area (Å²) in [6.07, 6.45) is -0.905. The number of methoxy groups -OCH3 is 1. The van der Waals surface area contributed by atoms with Gasteiger partial charge in [0.25, 0.3) is 5.56 Å². The van der Waals surface area contributed by atoms with Gasteiger partial charge in [-0.05, 0) is 30.8 Å². The number of aromatic nitrogens is 4. The van der Waals surface area contributed by atoms with E-state index in [1.165, 1.54) is 11.6 Å². The fourth-order valence-corrected chi connectivity index (χ4v) is 4.24. The summed E-state index contributed by atoms with van der Waals surface area (Å²) in [6.45, 7) is 6.46. The minimum Gasteiger partial charge on any atom is -0.497 e. The van der Waals surface area contributed by atoms with E-state index in [9.17, 15) is 14.7 Å². The molecule has 3 heterocycles. The van der Waals surface area contributed by atoms with E-state index in [0.29, 0.717) is 28.6 Å². The molecule has 1 fully saturated rings. The fourth-order valence-electron chi connectivity index (χ4n) is 4.24. The Labute approximate surface area is 197 Å². The largest absolute Gasteiger partial charge is 0.497 e. The summed E-state index contributed by atoms with van der Waals surface area (Å²) in [6, 6.07) is 7.09. The molecule has 0 unspecified atom stereocenters. The van der Waals surface area contributed by atoms with Gasteiger partial charge in [-0.15, -0.1) is 0 Å². The van der Waals surface area contributed by atoms with Crippen molar-refractivity contribution < 1.29 is 14.6 Å². The minimum atomic E-state index is -0.905. The van der Waals surface area contributed by atoms with E-state index in [-0.39, 0.29) is 13.2 Å². The molecule has 0 amide bonds. The maximum Gasteiger partial charge on any atom is 0.332 e. The number of nitrogens with zero attached hydrogens (tertiary/aromatic N) is 6. The van der Waals surface area contributed by atoms with Crippen LogP contribution in [0.25, 0.3) is 11.2 Å². The van der Waals surface area contributed by atoms with E-state index in [1.807, 2.05) is 0 Å². The molecule has 4 rings (SSSR count). The van der Waals surface area contributed by atoms with Crippen LogP contribution in [0, 0.1) is 0 Å². The topological polar surface area (TPSA) is 107 Å². The molecule has 0 bridgehead atoms. The number of fused-ring (bicyclic) bond motifs is 1. The van der Waals surface area contributed by atoms with Crippen LogP contribution in [-0.2, 0) is 20.6 Å². The van der Waals surface area contributed by atoms with Crippen LogP contribution in [0.2, 0.25) is 0 Å². The number of imidazole rings is 1. The maximum absolute atomic E-state index is 13.1. The summed E-state index contributed by atoms with van der Waals surface area (Å²) in [4.78, 5) is 34.7. The molecule has 34 heavy (non-hydrogen) atoms. The maximum atomic E-state index is 13.1. The Balaban J connectivity index is 1.64. The quantitative estimate of drug-likeness (QED) is 0.489. The SMILES string of the molecule is CCN1CCN(c2nc3c(c(=O)n(C)c(=O)n3C)n2C[C@H](O)COc2ccc(OC)cc2)CC1. The molecule has 1 aliphatic heterocycles. The first kappa shape index (κ1) is 23.8. The Morgan fingerprint density at radius 2 is 1.68 bits per heavy atom. The van der Waals surface area contributed by atoms with Crippen LogP contribution in [0.3, 0.4) is 0 Å². The first-order valence-corrected chi connectivity index (χ1v) is 11.4. The van der Waals surface area contributed by atoms with E-state index < -0.39 is 17.4 Å². The van der Waals surface area contributed by atoms with Crippen molar-refractivity contribution in [2.75, 3.05) is 51.3 Å². The molecule has 1 saturated heterocycles. The molecule has 0 aliphatic carbocycles. The van der Waals surface area contributed by atoms with Crippen molar-refractivity contribution >= 4 is 17.1 Å². The number of likely N-dealkylation sites (N-methyl/N-ethyl adjacent to an activating group) is 1. The number of aryl methyl sites for hydroxylation is 1. The molecular formula is C23H32N6O5.